The lowest BCUT2D eigenvalue weighted by molar-refractivity contribution is 0.422. The van der Waals surface area contributed by atoms with Gasteiger partial charge in [-0.3, -0.25) is 16.0 Å². The molecular weight excluding hydrogens is 166 g/mol. The standard InChI is InChI=1S/C8H17N5/c1-5(2)7(12-10)6-4-11-13(3)8(6)9/h4-5,7,12H,9-10H2,1-3H3. The highest BCUT2D eigenvalue weighted by atomic mass is 15.3. The molecule has 1 unspecified atom stereocenters. The minimum atomic E-state index is 0.0636. The van der Waals surface area contributed by atoms with Gasteiger partial charge in [-0.15, -0.1) is 0 Å². The van der Waals surface area contributed by atoms with Crippen molar-refractivity contribution in [3.05, 3.63) is 11.8 Å². The minimum absolute atomic E-state index is 0.0636. The van der Waals surface area contributed by atoms with Gasteiger partial charge in [-0.1, -0.05) is 13.8 Å². The van der Waals surface area contributed by atoms with E-state index in [1.165, 1.54) is 0 Å². The number of rotatable bonds is 3. The van der Waals surface area contributed by atoms with E-state index < -0.39 is 0 Å². The molecule has 0 saturated heterocycles. The number of hydrazine groups is 1. The van der Waals surface area contributed by atoms with Crippen molar-refractivity contribution in [1.29, 1.82) is 0 Å². The third kappa shape index (κ3) is 1.81. The second kappa shape index (κ2) is 3.76. The second-order valence-electron chi connectivity index (χ2n) is 3.50. The number of nitrogens with one attached hydrogen (secondary N) is 1. The summed E-state index contributed by atoms with van der Waals surface area (Å²) in [6.07, 6.45) is 1.75. The van der Waals surface area contributed by atoms with Gasteiger partial charge >= 0.3 is 0 Å². The summed E-state index contributed by atoms with van der Waals surface area (Å²) in [4.78, 5) is 0. The van der Waals surface area contributed by atoms with Crippen molar-refractivity contribution in [2.75, 3.05) is 5.73 Å². The summed E-state index contributed by atoms with van der Waals surface area (Å²) in [5.74, 6) is 6.49. The molecule has 0 fully saturated rings. The zero-order valence-electron chi connectivity index (χ0n) is 8.28. The van der Waals surface area contributed by atoms with E-state index in [0.717, 1.165) is 5.56 Å². The molecule has 0 saturated carbocycles. The summed E-state index contributed by atoms with van der Waals surface area (Å²) in [5.41, 5.74) is 9.52. The molecule has 1 atom stereocenters. The zero-order chi connectivity index (χ0) is 10.0. The molecule has 0 aromatic carbocycles. The van der Waals surface area contributed by atoms with Gasteiger partial charge in [0.2, 0.25) is 0 Å². The predicted octanol–water partition coefficient (Wildman–Crippen LogP) is 0.163. The Morgan fingerprint density at radius 2 is 2.15 bits per heavy atom. The highest BCUT2D eigenvalue weighted by Crippen LogP contribution is 2.24. The molecule has 0 spiro atoms. The van der Waals surface area contributed by atoms with Crippen LogP contribution in [0.1, 0.15) is 25.5 Å². The molecule has 0 aliphatic heterocycles. The number of nitrogens with two attached hydrogens (primary N) is 2. The normalized spacial score (nSPS) is 13.6. The van der Waals surface area contributed by atoms with Crippen molar-refractivity contribution >= 4 is 5.82 Å². The Bertz CT molecular complexity index is 278. The molecular formula is C8H17N5. The van der Waals surface area contributed by atoms with Gasteiger partial charge in [-0.2, -0.15) is 5.10 Å². The number of hydrogen-bond donors (Lipinski definition) is 3. The highest BCUT2D eigenvalue weighted by Gasteiger charge is 2.18. The van der Waals surface area contributed by atoms with Crippen LogP contribution in [0.15, 0.2) is 6.20 Å². The van der Waals surface area contributed by atoms with E-state index in [4.69, 9.17) is 11.6 Å². The summed E-state index contributed by atoms with van der Waals surface area (Å²) < 4.78 is 1.64. The Balaban J connectivity index is 2.98. The lowest BCUT2D eigenvalue weighted by Gasteiger charge is -2.18. The van der Waals surface area contributed by atoms with E-state index in [1.54, 1.807) is 10.9 Å². The third-order valence-electron chi connectivity index (χ3n) is 2.20. The quantitative estimate of drug-likeness (QED) is 0.460. The van der Waals surface area contributed by atoms with Gasteiger partial charge < -0.3 is 5.73 Å². The monoisotopic (exact) mass is 183 g/mol. The van der Waals surface area contributed by atoms with Crippen LogP contribution >= 0.6 is 0 Å². The van der Waals surface area contributed by atoms with E-state index in [-0.39, 0.29) is 6.04 Å². The number of nitrogens with zero attached hydrogens (tertiary/aromatic N) is 2. The highest BCUT2D eigenvalue weighted by molar-refractivity contribution is 5.40. The Hall–Kier alpha value is -1.07. The second-order valence-corrected chi connectivity index (χ2v) is 3.50. The van der Waals surface area contributed by atoms with Gasteiger partial charge in [0.1, 0.15) is 5.82 Å². The number of nitrogen functional groups attached to an aromatic ring is 1. The number of aryl methyl sites for hydroxylation is 1. The maximum absolute atomic E-state index is 5.82. The van der Waals surface area contributed by atoms with Gasteiger partial charge in [0.15, 0.2) is 0 Å². The molecule has 0 radical (unpaired) electrons. The van der Waals surface area contributed by atoms with E-state index in [0.29, 0.717) is 11.7 Å². The van der Waals surface area contributed by atoms with E-state index >= 15 is 0 Å². The van der Waals surface area contributed by atoms with Crippen molar-refractivity contribution in [2.45, 2.75) is 19.9 Å². The van der Waals surface area contributed by atoms with Crippen LogP contribution in [0, 0.1) is 5.92 Å². The first-order chi connectivity index (χ1) is 6.07. The summed E-state index contributed by atoms with van der Waals surface area (Å²) in [6, 6.07) is 0.0636. The van der Waals surface area contributed by atoms with Gasteiger partial charge in [0.05, 0.1) is 12.2 Å². The lowest BCUT2D eigenvalue weighted by Crippen LogP contribution is -2.31. The molecule has 0 bridgehead atoms. The first-order valence-corrected chi connectivity index (χ1v) is 4.31. The Morgan fingerprint density at radius 1 is 1.54 bits per heavy atom. The Labute approximate surface area is 78.1 Å². The molecule has 5 nitrogen and oxygen atoms in total. The molecule has 5 N–H and O–H groups in total. The van der Waals surface area contributed by atoms with Crippen molar-refractivity contribution in [3.63, 3.8) is 0 Å². The largest absolute Gasteiger partial charge is 0.384 e. The van der Waals surface area contributed by atoms with Gasteiger partial charge in [0.25, 0.3) is 0 Å². The van der Waals surface area contributed by atoms with Crippen LogP contribution in [0.25, 0.3) is 0 Å². The minimum Gasteiger partial charge on any atom is -0.384 e. The van der Waals surface area contributed by atoms with Gasteiger partial charge in [0, 0.05) is 12.6 Å². The number of aromatic nitrogens is 2. The molecule has 0 aliphatic rings. The summed E-state index contributed by atoms with van der Waals surface area (Å²) >= 11 is 0. The summed E-state index contributed by atoms with van der Waals surface area (Å²) in [6.45, 7) is 4.16. The van der Waals surface area contributed by atoms with Crippen LogP contribution in [0.3, 0.4) is 0 Å². The van der Waals surface area contributed by atoms with Crippen LogP contribution in [-0.2, 0) is 7.05 Å². The Kier molecular flexibility index (Phi) is 2.90. The van der Waals surface area contributed by atoms with Crippen LogP contribution in [-0.4, -0.2) is 9.78 Å². The molecule has 1 rings (SSSR count). The lowest BCUT2D eigenvalue weighted by atomic mass is 9.99. The van der Waals surface area contributed by atoms with Crippen LogP contribution in [0.5, 0.6) is 0 Å². The summed E-state index contributed by atoms with van der Waals surface area (Å²) in [5, 5.41) is 4.06. The van der Waals surface area contributed by atoms with E-state index in [9.17, 15) is 0 Å². The van der Waals surface area contributed by atoms with Crippen molar-refractivity contribution in [1.82, 2.24) is 15.2 Å². The van der Waals surface area contributed by atoms with E-state index in [2.05, 4.69) is 24.4 Å². The molecule has 1 aromatic heterocycles. The molecule has 0 amide bonds. The maximum Gasteiger partial charge on any atom is 0.126 e. The number of anilines is 1. The van der Waals surface area contributed by atoms with Crippen molar-refractivity contribution in [2.24, 2.45) is 18.8 Å². The van der Waals surface area contributed by atoms with Crippen LogP contribution in [0.4, 0.5) is 5.82 Å². The SMILES string of the molecule is CC(C)C(NN)c1cnn(C)c1N. The predicted molar refractivity (Wildman–Crippen MR) is 52.5 cm³/mol. The zero-order valence-corrected chi connectivity index (χ0v) is 8.28. The fourth-order valence-electron chi connectivity index (χ4n) is 1.34. The average Bonchev–Trinajstić information content (AvgIpc) is 2.37. The van der Waals surface area contributed by atoms with E-state index in [1.807, 2.05) is 7.05 Å². The molecule has 1 heterocycles. The molecule has 0 aliphatic carbocycles. The van der Waals surface area contributed by atoms with Gasteiger partial charge in [-0.05, 0) is 5.92 Å². The van der Waals surface area contributed by atoms with Crippen molar-refractivity contribution in [3.8, 4) is 0 Å². The first kappa shape index (κ1) is 10.0. The Morgan fingerprint density at radius 3 is 2.46 bits per heavy atom. The van der Waals surface area contributed by atoms with Crippen molar-refractivity contribution < 1.29 is 0 Å². The maximum atomic E-state index is 5.82. The fourth-order valence-corrected chi connectivity index (χ4v) is 1.34. The molecule has 5 heteroatoms. The average molecular weight is 183 g/mol. The molecule has 74 valence electrons. The summed E-state index contributed by atoms with van der Waals surface area (Å²) in [7, 11) is 1.81. The smallest absolute Gasteiger partial charge is 0.126 e. The molecule has 1 aromatic rings. The number of hydrogen-bond acceptors (Lipinski definition) is 4. The van der Waals surface area contributed by atoms with Gasteiger partial charge in [-0.25, -0.2) is 0 Å². The topological polar surface area (TPSA) is 81.9 Å². The third-order valence-corrected chi connectivity index (χ3v) is 2.20. The first-order valence-electron chi connectivity index (χ1n) is 4.31. The van der Waals surface area contributed by atoms with Crippen LogP contribution < -0.4 is 17.0 Å². The molecule has 13 heavy (non-hydrogen) atoms. The van der Waals surface area contributed by atoms with Crippen LogP contribution in [0.2, 0.25) is 0 Å². The fraction of sp³-hybridized carbons (Fsp3) is 0.625.